The molecule has 1 aromatic carbocycles. The fourth-order valence-electron chi connectivity index (χ4n) is 3.56. The van der Waals surface area contributed by atoms with Crippen molar-refractivity contribution in [1.82, 2.24) is 34.5 Å². The summed E-state index contributed by atoms with van der Waals surface area (Å²) in [5, 5.41) is 20.1. The summed E-state index contributed by atoms with van der Waals surface area (Å²) >= 11 is 0. The maximum atomic E-state index is 11.2. The third kappa shape index (κ3) is 9.06. The summed E-state index contributed by atoms with van der Waals surface area (Å²) in [5.74, 6) is 2.24. The van der Waals surface area contributed by atoms with Crippen molar-refractivity contribution in [3.8, 4) is 17.1 Å². The number of aromatic nitrogens is 5. The molecule has 0 radical (unpaired) electrons. The number of rotatable bonds is 8. The molecule has 0 bridgehead atoms. The molecule has 0 atom stereocenters. The number of H-pyrrole nitrogens is 2. The van der Waals surface area contributed by atoms with Crippen LogP contribution in [0.3, 0.4) is 0 Å². The van der Waals surface area contributed by atoms with Gasteiger partial charge in [0.1, 0.15) is 18.2 Å². The van der Waals surface area contributed by atoms with Gasteiger partial charge < -0.3 is 24.4 Å². The summed E-state index contributed by atoms with van der Waals surface area (Å²) in [4.78, 5) is 40.0. The molecule has 13 heteroatoms. The Morgan fingerprint density at radius 3 is 2.26 bits per heavy atom. The number of nitrogens with zero attached hydrogens (tertiary/aromatic N) is 5. The van der Waals surface area contributed by atoms with Crippen LogP contribution >= 0.6 is 0 Å². The van der Waals surface area contributed by atoms with Gasteiger partial charge in [-0.1, -0.05) is 6.92 Å². The Kier molecular flexibility index (Phi) is 11.7. The normalized spacial score (nSPS) is 13.6. The molecule has 1 saturated heterocycles. The number of piperazine rings is 1. The lowest BCUT2D eigenvalue weighted by Crippen LogP contribution is -2.47. The number of hydrogen-bond acceptors (Lipinski definition) is 8. The second-order valence-corrected chi connectivity index (χ2v) is 7.36. The van der Waals surface area contributed by atoms with Crippen LogP contribution in [0, 0.1) is 0 Å². The molecule has 1 aliphatic heterocycles. The van der Waals surface area contributed by atoms with E-state index >= 15 is 0 Å². The zero-order valence-corrected chi connectivity index (χ0v) is 19.5. The predicted molar refractivity (Wildman–Crippen MR) is 127 cm³/mol. The van der Waals surface area contributed by atoms with Crippen LogP contribution < -0.4 is 10.4 Å². The van der Waals surface area contributed by atoms with Crippen molar-refractivity contribution in [2.24, 2.45) is 0 Å². The Morgan fingerprint density at radius 2 is 1.69 bits per heavy atom. The zero-order valence-electron chi connectivity index (χ0n) is 19.5. The highest BCUT2D eigenvalue weighted by atomic mass is 16.5. The molecule has 3 aromatic rings. The molecule has 0 unspecified atom stereocenters. The molecule has 35 heavy (non-hydrogen) atoms. The van der Waals surface area contributed by atoms with E-state index in [0.717, 1.165) is 56.4 Å². The van der Waals surface area contributed by atoms with E-state index in [1.807, 2.05) is 35.0 Å². The van der Waals surface area contributed by atoms with E-state index < -0.39 is 0 Å². The Morgan fingerprint density at radius 1 is 1.06 bits per heavy atom. The van der Waals surface area contributed by atoms with Crippen molar-refractivity contribution in [3.63, 3.8) is 0 Å². The van der Waals surface area contributed by atoms with E-state index in [1.165, 1.54) is 0 Å². The number of nitrogens with one attached hydrogen (secondary N) is 2. The quantitative estimate of drug-likeness (QED) is 0.325. The molecule has 13 nitrogen and oxygen atoms in total. The lowest BCUT2D eigenvalue weighted by atomic mass is 10.2. The molecular weight excluding hydrogens is 458 g/mol. The monoisotopic (exact) mass is 489 g/mol. The minimum atomic E-state index is -0.310. The number of aromatic amines is 2. The van der Waals surface area contributed by atoms with Crippen LogP contribution in [0.5, 0.6) is 5.75 Å². The van der Waals surface area contributed by atoms with Crippen LogP contribution in [0.25, 0.3) is 11.4 Å². The fourth-order valence-corrected chi connectivity index (χ4v) is 3.56. The summed E-state index contributed by atoms with van der Waals surface area (Å²) in [6, 6.07) is 7.95. The highest BCUT2D eigenvalue weighted by molar-refractivity contribution is 5.57. The van der Waals surface area contributed by atoms with Gasteiger partial charge in [-0.3, -0.25) is 19.5 Å². The van der Waals surface area contributed by atoms with Gasteiger partial charge >= 0.3 is 5.69 Å². The maximum Gasteiger partial charge on any atom is 0.340 e. The average molecular weight is 490 g/mol. The van der Waals surface area contributed by atoms with Crippen LogP contribution in [0.2, 0.25) is 0 Å². The molecule has 3 heterocycles. The minimum Gasteiger partial charge on any atom is -0.492 e. The Bertz CT molecular complexity index is 1050. The third-order valence-corrected chi connectivity index (χ3v) is 5.29. The maximum absolute atomic E-state index is 11.2. The van der Waals surface area contributed by atoms with Crippen LogP contribution in [0.4, 0.5) is 0 Å². The van der Waals surface area contributed by atoms with Crippen molar-refractivity contribution < 1.29 is 24.5 Å². The number of carboxylic acid groups (broad SMARTS) is 2. The second-order valence-electron chi connectivity index (χ2n) is 7.36. The first-order chi connectivity index (χ1) is 17.0. The highest BCUT2D eigenvalue weighted by Crippen LogP contribution is 2.21. The Hall–Kier alpha value is -3.97. The lowest BCUT2D eigenvalue weighted by molar-refractivity contribution is -0.123. The topological polar surface area (TPSA) is 170 Å². The first-order valence-electron chi connectivity index (χ1n) is 11.0. The van der Waals surface area contributed by atoms with E-state index in [-0.39, 0.29) is 18.6 Å². The molecule has 0 amide bonds. The summed E-state index contributed by atoms with van der Waals surface area (Å²) < 4.78 is 7.87. The average Bonchev–Trinajstić information content (AvgIpc) is 3.50. The Labute approximate surface area is 202 Å². The van der Waals surface area contributed by atoms with E-state index in [2.05, 4.69) is 36.9 Å². The molecule has 2 aromatic heterocycles. The first-order valence-corrected chi connectivity index (χ1v) is 11.0. The van der Waals surface area contributed by atoms with Crippen molar-refractivity contribution in [2.45, 2.75) is 13.5 Å². The molecular formula is C22H31N7O6. The van der Waals surface area contributed by atoms with Gasteiger partial charge in [-0.05, 0) is 30.8 Å². The molecule has 1 aliphatic rings. The van der Waals surface area contributed by atoms with Crippen molar-refractivity contribution >= 4 is 12.9 Å². The molecule has 1 fully saturated rings. The van der Waals surface area contributed by atoms with Crippen LogP contribution in [-0.2, 0) is 16.1 Å². The first kappa shape index (κ1) is 27.3. The zero-order chi connectivity index (χ0) is 25.5. The van der Waals surface area contributed by atoms with Crippen molar-refractivity contribution in [2.75, 3.05) is 45.9 Å². The van der Waals surface area contributed by atoms with E-state index in [9.17, 15) is 4.79 Å². The number of benzene rings is 1. The molecule has 0 spiro atoms. The Balaban J connectivity index is 0.000000655. The van der Waals surface area contributed by atoms with E-state index in [0.29, 0.717) is 19.0 Å². The lowest BCUT2D eigenvalue weighted by Gasteiger charge is -2.33. The number of ether oxygens (including phenoxy) is 1. The fraction of sp³-hybridized carbons (Fsp3) is 0.409. The largest absolute Gasteiger partial charge is 0.492 e. The van der Waals surface area contributed by atoms with Gasteiger partial charge in [-0.2, -0.15) is 5.10 Å². The van der Waals surface area contributed by atoms with Crippen LogP contribution in [-0.4, -0.2) is 104 Å². The van der Waals surface area contributed by atoms with E-state index in [1.54, 1.807) is 6.20 Å². The summed E-state index contributed by atoms with van der Waals surface area (Å²) in [5.41, 5.74) is 0.673. The van der Waals surface area contributed by atoms with E-state index in [4.69, 9.17) is 24.5 Å². The molecule has 0 aliphatic carbocycles. The number of imidazole rings is 1. The van der Waals surface area contributed by atoms with Gasteiger partial charge in [0.2, 0.25) is 0 Å². The van der Waals surface area contributed by atoms with Gasteiger partial charge in [-0.25, -0.2) is 14.9 Å². The molecule has 0 saturated carbocycles. The second kappa shape index (κ2) is 15.0. The van der Waals surface area contributed by atoms with Gasteiger partial charge in [0.15, 0.2) is 5.82 Å². The van der Waals surface area contributed by atoms with Gasteiger partial charge in [0.05, 0.1) is 6.54 Å². The number of likely N-dealkylation sites (N-methyl/N-ethyl adjacent to an activating group) is 1. The summed E-state index contributed by atoms with van der Waals surface area (Å²) in [6.45, 7) is 9.44. The van der Waals surface area contributed by atoms with Crippen LogP contribution in [0.1, 0.15) is 12.7 Å². The number of hydrogen-bond donors (Lipinski definition) is 4. The standard InChI is InChI=1S/C20H27N7O2.2CH2O2/c1-2-25-9-11-26(12-10-25)13-14-29-17-5-3-16(4-6-17)19-21-7-8-27(19)15-18-22-20(28)24-23-18;2*2-1-3/h3-8H,2,9-15H2,1H3,(H2,22,23,24,28);2*1H,(H,2,3). The highest BCUT2D eigenvalue weighted by Gasteiger charge is 2.15. The number of carbonyl (C=O) groups is 2. The molecule has 4 N–H and O–H groups in total. The molecule has 4 rings (SSSR count). The predicted octanol–water partition coefficient (Wildman–Crippen LogP) is 0.428. The SMILES string of the molecule is CCN1CCN(CCOc2ccc(-c3nccn3Cc3n[nH]c(=O)[nH]3)cc2)CC1.O=CO.O=CO. The van der Waals surface area contributed by atoms with Gasteiger partial charge in [0, 0.05) is 50.7 Å². The van der Waals surface area contributed by atoms with Gasteiger partial charge in [-0.15, -0.1) is 0 Å². The summed E-state index contributed by atoms with van der Waals surface area (Å²) in [7, 11) is 0. The minimum absolute atomic E-state index is 0.250. The van der Waals surface area contributed by atoms with Crippen LogP contribution in [0.15, 0.2) is 41.5 Å². The van der Waals surface area contributed by atoms with Gasteiger partial charge in [0.25, 0.3) is 12.9 Å². The smallest absolute Gasteiger partial charge is 0.340 e. The summed E-state index contributed by atoms with van der Waals surface area (Å²) in [6.07, 6.45) is 3.60. The van der Waals surface area contributed by atoms with Crippen molar-refractivity contribution in [3.05, 3.63) is 53.0 Å². The third-order valence-electron chi connectivity index (χ3n) is 5.29. The molecule has 190 valence electrons. The van der Waals surface area contributed by atoms with Crippen molar-refractivity contribution in [1.29, 1.82) is 0 Å².